The lowest BCUT2D eigenvalue weighted by Crippen LogP contribution is -2.24. The maximum absolute atomic E-state index is 11.8. The lowest BCUT2D eigenvalue weighted by Gasteiger charge is -2.16. The summed E-state index contributed by atoms with van der Waals surface area (Å²) >= 11 is 1.31. The first-order chi connectivity index (χ1) is 8.65. The van der Waals surface area contributed by atoms with Gasteiger partial charge in [-0.05, 0) is 17.5 Å². The standard InChI is InChI=1S/C13H16N2O2S/c1-10(16)18-9-12-5-13(17)15(8-12)7-11-3-2-4-14-6-11/h2-4,6,12H,5,7-9H2,1H3. The molecule has 0 spiro atoms. The summed E-state index contributed by atoms with van der Waals surface area (Å²) in [6.07, 6.45) is 4.06. The SMILES string of the molecule is CC(=O)SCC1CC(=O)N(Cc2cccnc2)C1. The number of carbonyl (C=O) groups is 2. The lowest BCUT2D eigenvalue weighted by atomic mass is 10.1. The predicted molar refractivity (Wildman–Crippen MR) is 70.9 cm³/mol. The zero-order valence-corrected chi connectivity index (χ0v) is 11.2. The van der Waals surface area contributed by atoms with Crippen molar-refractivity contribution < 1.29 is 9.59 Å². The minimum Gasteiger partial charge on any atom is -0.338 e. The van der Waals surface area contributed by atoms with Crippen molar-refractivity contribution in [3.05, 3.63) is 30.1 Å². The van der Waals surface area contributed by atoms with E-state index in [1.807, 2.05) is 17.0 Å². The third-order valence-corrected chi connectivity index (χ3v) is 3.96. The average molecular weight is 264 g/mol. The molecule has 1 aliphatic rings. The molecule has 1 amide bonds. The van der Waals surface area contributed by atoms with Crippen molar-refractivity contribution in [1.82, 2.24) is 9.88 Å². The van der Waals surface area contributed by atoms with Gasteiger partial charge < -0.3 is 4.90 Å². The molecule has 1 atom stereocenters. The fourth-order valence-electron chi connectivity index (χ4n) is 2.07. The molecule has 0 bridgehead atoms. The van der Waals surface area contributed by atoms with E-state index < -0.39 is 0 Å². The maximum atomic E-state index is 11.8. The Kier molecular flexibility index (Phi) is 4.36. The van der Waals surface area contributed by atoms with Crippen LogP contribution in [-0.2, 0) is 16.1 Å². The monoisotopic (exact) mass is 264 g/mol. The van der Waals surface area contributed by atoms with Gasteiger partial charge in [-0.3, -0.25) is 14.6 Å². The molecular formula is C13H16N2O2S. The Morgan fingerprint density at radius 3 is 3.11 bits per heavy atom. The van der Waals surface area contributed by atoms with Crippen molar-refractivity contribution in [2.24, 2.45) is 5.92 Å². The van der Waals surface area contributed by atoms with E-state index >= 15 is 0 Å². The summed E-state index contributed by atoms with van der Waals surface area (Å²) in [7, 11) is 0. The number of likely N-dealkylation sites (tertiary alicyclic amines) is 1. The van der Waals surface area contributed by atoms with Crippen molar-refractivity contribution >= 4 is 22.8 Å². The van der Waals surface area contributed by atoms with Crippen molar-refractivity contribution in [1.29, 1.82) is 0 Å². The first-order valence-electron chi connectivity index (χ1n) is 5.95. The first-order valence-corrected chi connectivity index (χ1v) is 6.93. The molecule has 5 heteroatoms. The van der Waals surface area contributed by atoms with Gasteiger partial charge in [-0.15, -0.1) is 0 Å². The molecule has 18 heavy (non-hydrogen) atoms. The number of aromatic nitrogens is 1. The van der Waals surface area contributed by atoms with Crippen LogP contribution in [0.1, 0.15) is 18.9 Å². The molecule has 1 aromatic heterocycles. The predicted octanol–water partition coefficient (Wildman–Crippen LogP) is 1.71. The van der Waals surface area contributed by atoms with E-state index in [9.17, 15) is 9.59 Å². The molecule has 1 saturated heterocycles. The highest BCUT2D eigenvalue weighted by molar-refractivity contribution is 8.13. The summed E-state index contributed by atoms with van der Waals surface area (Å²) in [6.45, 7) is 2.93. The molecule has 2 heterocycles. The van der Waals surface area contributed by atoms with Gasteiger partial charge in [-0.2, -0.15) is 0 Å². The van der Waals surface area contributed by atoms with E-state index in [1.54, 1.807) is 19.3 Å². The zero-order valence-electron chi connectivity index (χ0n) is 10.3. The number of hydrogen-bond acceptors (Lipinski definition) is 4. The minimum absolute atomic E-state index is 0.119. The first kappa shape index (κ1) is 13.1. The number of amides is 1. The van der Waals surface area contributed by atoms with Crippen molar-refractivity contribution in [3.63, 3.8) is 0 Å². The van der Waals surface area contributed by atoms with Crippen LogP contribution in [0.25, 0.3) is 0 Å². The molecule has 0 aromatic carbocycles. The Morgan fingerprint density at radius 2 is 2.44 bits per heavy atom. The van der Waals surface area contributed by atoms with E-state index in [0.717, 1.165) is 17.9 Å². The van der Waals surface area contributed by atoms with Gasteiger partial charge in [0.1, 0.15) is 0 Å². The highest BCUT2D eigenvalue weighted by Crippen LogP contribution is 2.23. The van der Waals surface area contributed by atoms with Gasteiger partial charge >= 0.3 is 0 Å². The molecule has 0 radical (unpaired) electrons. The van der Waals surface area contributed by atoms with Gasteiger partial charge in [0.2, 0.25) is 5.91 Å². The number of rotatable bonds is 4. The van der Waals surface area contributed by atoms with Gasteiger partial charge in [-0.25, -0.2) is 0 Å². The summed E-state index contributed by atoms with van der Waals surface area (Å²) in [4.78, 5) is 28.6. The summed E-state index contributed by atoms with van der Waals surface area (Å²) in [5, 5.41) is 0.119. The Hall–Kier alpha value is -1.36. The van der Waals surface area contributed by atoms with Gasteiger partial charge in [0.25, 0.3) is 0 Å². The topological polar surface area (TPSA) is 50.3 Å². The summed E-state index contributed by atoms with van der Waals surface area (Å²) in [6, 6.07) is 3.84. The second kappa shape index (κ2) is 6.00. The normalized spacial score (nSPS) is 19.3. The highest BCUT2D eigenvalue weighted by atomic mass is 32.2. The fraction of sp³-hybridized carbons (Fsp3) is 0.462. The average Bonchev–Trinajstić information content (AvgIpc) is 2.69. The molecule has 1 unspecified atom stereocenters. The molecule has 4 nitrogen and oxygen atoms in total. The van der Waals surface area contributed by atoms with E-state index in [2.05, 4.69) is 4.98 Å². The van der Waals surface area contributed by atoms with Gasteiger partial charge in [0.15, 0.2) is 5.12 Å². The third kappa shape index (κ3) is 3.57. The maximum Gasteiger partial charge on any atom is 0.223 e. The molecule has 0 N–H and O–H groups in total. The number of pyridine rings is 1. The second-order valence-corrected chi connectivity index (χ2v) is 5.71. The zero-order chi connectivity index (χ0) is 13.0. The fourth-order valence-corrected chi connectivity index (χ4v) is 2.76. The summed E-state index contributed by atoms with van der Waals surface area (Å²) < 4.78 is 0. The van der Waals surface area contributed by atoms with E-state index in [4.69, 9.17) is 0 Å². The van der Waals surface area contributed by atoms with Gasteiger partial charge in [0.05, 0.1) is 0 Å². The van der Waals surface area contributed by atoms with Gasteiger partial charge in [-0.1, -0.05) is 17.8 Å². The summed E-state index contributed by atoms with van der Waals surface area (Å²) in [5.74, 6) is 1.21. The van der Waals surface area contributed by atoms with Crippen LogP contribution in [0, 0.1) is 5.92 Å². The quantitative estimate of drug-likeness (QED) is 0.830. The highest BCUT2D eigenvalue weighted by Gasteiger charge is 2.29. The molecule has 96 valence electrons. The van der Waals surface area contributed by atoms with Crippen LogP contribution >= 0.6 is 11.8 Å². The Morgan fingerprint density at radius 1 is 1.61 bits per heavy atom. The number of thioether (sulfide) groups is 1. The van der Waals surface area contributed by atoms with Crippen molar-refractivity contribution in [3.8, 4) is 0 Å². The third-order valence-electron chi connectivity index (χ3n) is 2.91. The molecule has 2 rings (SSSR count). The molecule has 1 aliphatic heterocycles. The van der Waals surface area contributed by atoms with Crippen LogP contribution < -0.4 is 0 Å². The molecule has 0 aliphatic carbocycles. The van der Waals surface area contributed by atoms with Crippen LogP contribution in [0.3, 0.4) is 0 Å². The second-order valence-electron chi connectivity index (χ2n) is 4.51. The largest absolute Gasteiger partial charge is 0.338 e. The number of nitrogens with zero attached hydrogens (tertiary/aromatic N) is 2. The molecule has 0 saturated carbocycles. The Bertz CT molecular complexity index is 436. The van der Waals surface area contributed by atoms with Gasteiger partial charge in [0, 0.05) is 44.6 Å². The molecule has 1 aromatic rings. The molecular weight excluding hydrogens is 248 g/mol. The molecule has 1 fully saturated rings. The summed E-state index contributed by atoms with van der Waals surface area (Å²) in [5.41, 5.74) is 1.05. The van der Waals surface area contributed by atoms with Crippen LogP contribution in [0.4, 0.5) is 0 Å². The van der Waals surface area contributed by atoms with Crippen LogP contribution in [-0.4, -0.2) is 33.2 Å². The Balaban J connectivity index is 1.87. The number of hydrogen-bond donors (Lipinski definition) is 0. The van der Waals surface area contributed by atoms with Crippen LogP contribution in [0.15, 0.2) is 24.5 Å². The minimum atomic E-state index is 0.119. The van der Waals surface area contributed by atoms with Crippen molar-refractivity contribution in [2.75, 3.05) is 12.3 Å². The Labute approximate surface area is 111 Å². The van der Waals surface area contributed by atoms with E-state index in [-0.39, 0.29) is 11.0 Å². The number of carbonyl (C=O) groups excluding carboxylic acids is 2. The van der Waals surface area contributed by atoms with E-state index in [0.29, 0.717) is 18.9 Å². The van der Waals surface area contributed by atoms with Crippen molar-refractivity contribution in [2.45, 2.75) is 19.9 Å². The van der Waals surface area contributed by atoms with E-state index in [1.165, 1.54) is 11.8 Å². The van der Waals surface area contributed by atoms with Crippen LogP contribution in [0.5, 0.6) is 0 Å². The lowest BCUT2D eigenvalue weighted by molar-refractivity contribution is -0.128. The van der Waals surface area contributed by atoms with Crippen LogP contribution in [0.2, 0.25) is 0 Å². The smallest absolute Gasteiger partial charge is 0.223 e.